The molecule has 5 heteroatoms. The van der Waals surface area contributed by atoms with E-state index in [1.807, 2.05) is 39.8 Å². The lowest BCUT2D eigenvalue weighted by atomic mass is 9.93. The average molecular weight is 480 g/mol. The van der Waals surface area contributed by atoms with Crippen molar-refractivity contribution in [1.82, 2.24) is 10.6 Å². The van der Waals surface area contributed by atoms with Crippen LogP contribution in [0.5, 0.6) is 0 Å². The molecule has 1 aromatic carbocycles. The molecule has 192 valence electrons. The maximum atomic E-state index is 12.2. The van der Waals surface area contributed by atoms with Crippen molar-refractivity contribution in [3.8, 4) is 0 Å². The second kappa shape index (κ2) is 16.4. The van der Waals surface area contributed by atoms with Gasteiger partial charge in [-0.15, -0.1) is 0 Å². The summed E-state index contributed by atoms with van der Waals surface area (Å²) in [6.45, 7) is 24.3. The second-order valence-corrected chi connectivity index (χ2v) is 8.45. The molecule has 0 spiro atoms. The number of carbonyl (C=O) groups excluding carboxylic acids is 2. The number of nitrogens with one attached hydrogen (secondary N) is 2. The lowest BCUT2D eigenvalue weighted by Crippen LogP contribution is -2.37. The highest BCUT2D eigenvalue weighted by atomic mass is 16.2. The molecule has 0 aromatic heterocycles. The summed E-state index contributed by atoms with van der Waals surface area (Å²) < 4.78 is 0. The molecule has 0 radical (unpaired) electrons. The number of aliphatic imine (C=N–C) groups is 1. The molecule has 1 aromatic rings. The van der Waals surface area contributed by atoms with Gasteiger partial charge in [-0.25, -0.2) is 4.79 Å². The predicted octanol–water partition coefficient (Wildman–Crippen LogP) is 7.25. The molecule has 0 aliphatic rings. The van der Waals surface area contributed by atoms with E-state index in [0.29, 0.717) is 5.92 Å². The molecule has 3 amide bonds. The van der Waals surface area contributed by atoms with Crippen LogP contribution in [0.3, 0.4) is 0 Å². The third kappa shape index (κ3) is 9.89. The second-order valence-electron chi connectivity index (χ2n) is 8.45. The molecule has 2 N–H and O–H groups in total. The van der Waals surface area contributed by atoms with E-state index < -0.39 is 11.9 Å². The van der Waals surface area contributed by atoms with Gasteiger partial charge in [-0.1, -0.05) is 71.6 Å². The van der Waals surface area contributed by atoms with Gasteiger partial charge >= 0.3 is 6.03 Å². The summed E-state index contributed by atoms with van der Waals surface area (Å²) in [7, 11) is 1.46. The molecule has 1 rings (SSSR count). The number of allylic oxidation sites excluding steroid dienone is 5. The molecule has 0 fully saturated rings. The van der Waals surface area contributed by atoms with E-state index in [0.717, 1.165) is 47.2 Å². The van der Waals surface area contributed by atoms with Crippen LogP contribution in [-0.4, -0.2) is 25.7 Å². The first-order valence-electron chi connectivity index (χ1n) is 12.4. The Labute approximate surface area is 213 Å². The Hall–Kier alpha value is -3.21. The van der Waals surface area contributed by atoms with Crippen LogP contribution in [0.25, 0.3) is 5.57 Å². The quantitative estimate of drug-likeness (QED) is 0.211. The SMILES string of the molecule is C=NC(/C(=C\CC)C(C)C)=C(C)\C=C/CCc1c(C)cc(C(=C)C(=O)NC(=O)NC)cc1C.CC. The molecule has 0 heterocycles. The fourth-order valence-corrected chi connectivity index (χ4v) is 3.77. The van der Waals surface area contributed by atoms with Gasteiger partial charge in [0.05, 0.1) is 5.70 Å². The number of carbonyl (C=O) groups is 2. The van der Waals surface area contributed by atoms with E-state index >= 15 is 0 Å². The van der Waals surface area contributed by atoms with Crippen LogP contribution in [-0.2, 0) is 11.2 Å². The molecular weight excluding hydrogens is 434 g/mol. The molecule has 35 heavy (non-hydrogen) atoms. The third-order valence-electron chi connectivity index (χ3n) is 5.55. The highest BCUT2D eigenvalue weighted by molar-refractivity contribution is 6.22. The van der Waals surface area contributed by atoms with E-state index in [9.17, 15) is 9.59 Å². The van der Waals surface area contributed by atoms with Crippen LogP contribution in [0.1, 0.15) is 76.6 Å². The number of benzene rings is 1. The van der Waals surface area contributed by atoms with Gasteiger partial charge in [-0.3, -0.25) is 15.1 Å². The minimum Gasteiger partial charge on any atom is -0.341 e. The number of hydrogen-bond donors (Lipinski definition) is 2. The molecule has 0 saturated carbocycles. The highest BCUT2D eigenvalue weighted by Gasteiger charge is 2.14. The van der Waals surface area contributed by atoms with Crippen molar-refractivity contribution in [2.75, 3.05) is 7.05 Å². The summed E-state index contributed by atoms with van der Waals surface area (Å²) >= 11 is 0. The molecule has 0 unspecified atom stereocenters. The van der Waals surface area contributed by atoms with E-state index in [1.54, 1.807) is 0 Å². The van der Waals surface area contributed by atoms with Crippen LogP contribution in [0.2, 0.25) is 0 Å². The molecular formula is C30H45N3O2. The van der Waals surface area contributed by atoms with E-state index in [1.165, 1.54) is 18.2 Å². The summed E-state index contributed by atoms with van der Waals surface area (Å²) in [5.74, 6) is -0.110. The first kappa shape index (κ1) is 31.8. The van der Waals surface area contributed by atoms with Crippen molar-refractivity contribution in [3.63, 3.8) is 0 Å². The number of amides is 3. The molecule has 0 aliphatic heterocycles. The lowest BCUT2D eigenvalue weighted by molar-refractivity contribution is -0.114. The van der Waals surface area contributed by atoms with Crippen molar-refractivity contribution in [3.05, 3.63) is 76.0 Å². The Morgan fingerprint density at radius 1 is 1.14 bits per heavy atom. The summed E-state index contributed by atoms with van der Waals surface area (Å²) in [5, 5.41) is 4.62. The number of urea groups is 1. The number of hydrogen-bond acceptors (Lipinski definition) is 3. The summed E-state index contributed by atoms with van der Waals surface area (Å²) in [4.78, 5) is 27.9. The third-order valence-corrected chi connectivity index (χ3v) is 5.55. The molecule has 5 nitrogen and oxygen atoms in total. The zero-order chi connectivity index (χ0) is 27.1. The smallest absolute Gasteiger partial charge is 0.321 e. The van der Waals surface area contributed by atoms with Crippen molar-refractivity contribution in [1.29, 1.82) is 0 Å². The standard InChI is InChI=1S/C28H39N3O2.C2H6/c1-10-13-24(18(2)3)26(29-8)19(4)14-11-12-15-25-20(5)16-23(17-21(25)6)22(7)27(32)31-28(33)30-9;1-2/h11,13-14,16-18H,7-8,10,12,15H2,1-6,9H3,(H2,30,31,32,33);1-2H3/b14-11-,24-13-,26-19-;. The topological polar surface area (TPSA) is 70.6 Å². The van der Waals surface area contributed by atoms with Crippen molar-refractivity contribution in [2.45, 2.75) is 74.7 Å². The molecule has 0 saturated heterocycles. The van der Waals surface area contributed by atoms with Crippen molar-refractivity contribution >= 4 is 24.2 Å². The van der Waals surface area contributed by atoms with Gasteiger partial charge in [0.25, 0.3) is 5.91 Å². The maximum Gasteiger partial charge on any atom is 0.321 e. The monoisotopic (exact) mass is 479 g/mol. The largest absolute Gasteiger partial charge is 0.341 e. The summed E-state index contributed by atoms with van der Waals surface area (Å²) in [6.07, 6.45) is 9.26. The first-order valence-corrected chi connectivity index (χ1v) is 12.4. The average Bonchev–Trinajstić information content (AvgIpc) is 2.83. The van der Waals surface area contributed by atoms with Gasteiger partial charge in [0.1, 0.15) is 0 Å². The Kier molecular flexibility index (Phi) is 14.9. The molecule has 0 bridgehead atoms. The molecule has 0 aliphatic carbocycles. The zero-order valence-corrected chi connectivity index (χ0v) is 23.3. The minimum atomic E-state index is -0.553. The predicted molar refractivity (Wildman–Crippen MR) is 152 cm³/mol. The summed E-state index contributed by atoms with van der Waals surface area (Å²) in [6, 6.07) is 3.35. The minimum absolute atomic E-state index is 0.266. The Morgan fingerprint density at radius 2 is 1.71 bits per heavy atom. The van der Waals surface area contributed by atoms with Gasteiger partial charge in [0, 0.05) is 12.6 Å². The van der Waals surface area contributed by atoms with Crippen LogP contribution < -0.4 is 10.6 Å². The molecule has 0 atom stereocenters. The Bertz CT molecular complexity index is 972. The van der Waals surface area contributed by atoms with Crippen LogP contribution in [0.4, 0.5) is 4.79 Å². The number of rotatable bonds is 10. The van der Waals surface area contributed by atoms with Crippen LogP contribution in [0, 0.1) is 19.8 Å². The first-order chi connectivity index (χ1) is 16.6. The van der Waals surface area contributed by atoms with Gasteiger partial charge in [0.2, 0.25) is 0 Å². The fourth-order valence-electron chi connectivity index (χ4n) is 3.77. The van der Waals surface area contributed by atoms with E-state index in [4.69, 9.17) is 0 Å². The van der Waals surface area contributed by atoms with Crippen molar-refractivity contribution < 1.29 is 9.59 Å². The normalized spacial score (nSPS) is 12.0. The van der Waals surface area contributed by atoms with E-state index in [2.05, 4.69) is 74.8 Å². The Balaban J connectivity index is 0.00000562. The number of nitrogens with zero attached hydrogens (tertiary/aromatic N) is 1. The maximum absolute atomic E-state index is 12.2. The van der Waals surface area contributed by atoms with E-state index in [-0.39, 0.29) is 5.57 Å². The van der Waals surface area contributed by atoms with Gasteiger partial charge in [-0.2, -0.15) is 0 Å². The van der Waals surface area contributed by atoms with Gasteiger partial charge in [-0.05, 0) is 86.1 Å². The zero-order valence-electron chi connectivity index (χ0n) is 23.3. The van der Waals surface area contributed by atoms with Crippen LogP contribution in [0.15, 0.2) is 58.8 Å². The number of imide groups is 1. The highest BCUT2D eigenvalue weighted by Crippen LogP contribution is 2.26. The summed E-state index contributed by atoms with van der Waals surface area (Å²) in [5.41, 5.74) is 7.74. The van der Waals surface area contributed by atoms with Gasteiger partial charge in [0.15, 0.2) is 0 Å². The fraction of sp³-hybridized carbons (Fsp3) is 0.433. The van der Waals surface area contributed by atoms with Crippen molar-refractivity contribution in [2.24, 2.45) is 10.9 Å². The van der Waals surface area contributed by atoms with Gasteiger partial charge < -0.3 is 5.32 Å². The van der Waals surface area contributed by atoms with Crippen LogP contribution >= 0.6 is 0 Å². The Morgan fingerprint density at radius 3 is 2.17 bits per heavy atom. The lowest BCUT2D eigenvalue weighted by Gasteiger charge is -2.14. The number of aryl methyl sites for hydroxylation is 2.